The number of aromatic amines is 1. The van der Waals surface area contributed by atoms with Gasteiger partial charge in [-0.25, -0.2) is 4.98 Å². The fourth-order valence-electron chi connectivity index (χ4n) is 2.07. The van der Waals surface area contributed by atoms with Crippen molar-refractivity contribution in [2.24, 2.45) is 0 Å². The molecule has 4 nitrogen and oxygen atoms in total. The van der Waals surface area contributed by atoms with E-state index in [1.165, 1.54) is 0 Å². The van der Waals surface area contributed by atoms with Gasteiger partial charge in [-0.15, -0.1) is 11.3 Å². The van der Waals surface area contributed by atoms with Gasteiger partial charge >= 0.3 is 0 Å². The molecule has 0 aliphatic carbocycles. The third-order valence-electron chi connectivity index (χ3n) is 3.01. The average Bonchev–Trinajstić information content (AvgIpc) is 3.08. The van der Waals surface area contributed by atoms with Crippen molar-refractivity contribution in [1.29, 1.82) is 0 Å². The summed E-state index contributed by atoms with van der Waals surface area (Å²) in [4.78, 5) is 19.6. The fourth-order valence-corrected chi connectivity index (χ4v) is 2.71. The van der Waals surface area contributed by atoms with Gasteiger partial charge in [-0.05, 0) is 25.1 Å². The second-order valence-corrected chi connectivity index (χ2v) is 5.24. The van der Waals surface area contributed by atoms with E-state index >= 15 is 0 Å². The van der Waals surface area contributed by atoms with Crippen molar-refractivity contribution < 1.29 is 4.79 Å². The van der Waals surface area contributed by atoms with Crippen LogP contribution in [0, 0.1) is 0 Å². The van der Waals surface area contributed by atoms with E-state index in [1.807, 2.05) is 42.8 Å². The van der Waals surface area contributed by atoms with Gasteiger partial charge in [-0.3, -0.25) is 4.79 Å². The lowest BCUT2D eigenvalue weighted by Crippen LogP contribution is -2.26. The summed E-state index contributed by atoms with van der Waals surface area (Å²) in [6.45, 7) is 1.94. The fraction of sp³-hybridized carbons (Fsp3) is 0.143. The highest BCUT2D eigenvalue weighted by Gasteiger charge is 2.15. The molecule has 3 rings (SSSR count). The first kappa shape index (κ1) is 11.9. The number of carbonyl (C=O) groups excluding carboxylic acids is 1. The molecule has 0 fully saturated rings. The highest BCUT2D eigenvalue weighted by Crippen LogP contribution is 2.19. The summed E-state index contributed by atoms with van der Waals surface area (Å²) < 4.78 is 0. The molecule has 0 radical (unpaired) electrons. The van der Waals surface area contributed by atoms with E-state index in [2.05, 4.69) is 15.3 Å². The number of hydrogen-bond donors (Lipinski definition) is 2. The van der Waals surface area contributed by atoms with Crippen molar-refractivity contribution in [1.82, 2.24) is 15.3 Å². The molecular formula is C14H13N3OS. The van der Waals surface area contributed by atoms with Crippen LogP contribution < -0.4 is 5.32 Å². The number of fused-ring (bicyclic) bond motifs is 1. The van der Waals surface area contributed by atoms with Crippen LogP contribution in [0.15, 0.2) is 42.0 Å². The Hall–Kier alpha value is -2.14. The summed E-state index contributed by atoms with van der Waals surface area (Å²) >= 11 is 1.54. The highest BCUT2D eigenvalue weighted by molar-refractivity contribution is 7.09. The number of nitrogens with one attached hydrogen (secondary N) is 2. The smallest absolute Gasteiger partial charge is 0.252 e. The molecule has 96 valence electrons. The molecule has 2 heterocycles. The normalized spacial score (nSPS) is 12.5. The number of nitrogens with zero attached hydrogens (tertiary/aromatic N) is 1. The lowest BCUT2D eigenvalue weighted by atomic mass is 10.1. The Morgan fingerprint density at radius 3 is 3.11 bits per heavy atom. The summed E-state index contributed by atoms with van der Waals surface area (Å²) in [6, 6.07) is 7.50. The molecule has 1 amide bonds. The van der Waals surface area contributed by atoms with Crippen LogP contribution in [0.4, 0.5) is 0 Å². The predicted molar refractivity (Wildman–Crippen MR) is 76.3 cm³/mol. The van der Waals surface area contributed by atoms with Gasteiger partial charge in [0.25, 0.3) is 5.91 Å². The Morgan fingerprint density at radius 1 is 1.42 bits per heavy atom. The van der Waals surface area contributed by atoms with Gasteiger partial charge in [0.1, 0.15) is 5.01 Å². The van der Waals surface area contributed by atoms with E-state index in [1.54, 1.807) is 17.5 Å². The molecule has 1 unspecified atom stereocenters. The molecule has 1 aromatic carbocycles. The van der Waals surface area contributed by atoms with Crippen molar-refractivity contribution >= 4 is 28.1 Å². The first-order chi connectivity index (χ1) is 9.25. The molecule has 0 saturated carbocycles. The summed E-state index contributed by atoms with van der Waals surface area (Å²) in [6.07, 6.45) is 3.58. The van der Waals surface area contributed by atoms with Gasteiger partial charge in [-0.2, -0.15) is 0 Å². The monoisotopic (exact) mass is 271 g/mol. The van der Waals surface area contributed by atoms with E-state index in [-0.39, 0.29) is 11.9 Å². The number of thiazole rings is 1. The van der Waals surface area contributed by atoms with Crippen LogP contribution in [-0.2, 0) is 0 Å². The molecule has 0 bridgehead atoms. The second kappa shape index (κ2) is 4.85. The molecule has 2 aromatic heterocycles. The lowest BCUT2D eigenvalue weighted by Gasteiger charge is -2.11. The van der Waals surface area contributed by atoms with Gasteiger partial charge in [0.05, 0.1) is 6.04 Å². The summed E-state index contributed by atoms with van der Waals surface area (Å²) in [7, 11) is 0. The Bertz CT molecular complexity index is 702. The van der Waals surface area contributed by atoms with Crippen molar-refractivity contribution in [3.63, 3.8) is 0 Å². The lowest BCUT2D eigenvalue weighted by molar-refractivity contribution is 0.0941. The summed E-state index contributed by atoms with van der Waals surface area (Å²) in [5.41, 5.74) is 1.65. The van der Waals surface area contributed by atoms with Crippen LogP contribution in [0.1, 0.15) is 28.3 Å². The van der Waals surface area contributed by atoms with Gasteiger partial charge < -0.3 is 10.3 Å². The maximum Gasteiger partial charge on any atom is 0.252 e. The molecule has 3 aromatic rings. The van der Waals surface area contributed by atoms with Gasteiger partial charge in [-0.1, -0.05) is 6.07 Å². The number of rotatable bonds is 3. The highest BCUT2D eigenvalue weighted by atomic mass is 32.1. The average molecular weight is 271 g/mol. The number of H-pyrrole nitrogens is 1. The van der Waals surface area contributed by atoms with Crippen molar-refractivity contribution in [3.8, 4) is 0 Å². The van der Waals surface area contributed by atoms with Crippen LogP contribution in [0.25, 0.3) is 10.9 Å². The molecule has 0 aliphatic rings. The zero-order valence-corrected chi connectivity index (χ0v) is 11.2. The number of hydrogen-bond acceptors (Lipinski definition) is 3. The van der Waals surface area contributed by atoms with Gasteiger partial charge in [0, 0.05) is 34.2 Å². The van der Waals surface area contributed by atoms with Crippen LogP contribution in [-0.4, -0.2) is 15.9 Å². The van der Waals surface area contributed by atoms with E-state index in [9.17, 15) is 4.79 Å². The van der Waals surface area contributed by atoms with Crippen molar-refractivity contribution in [2.75, 3.05) is 0 Å². The SMILES string of the molecule is CC(NC(=O)c1cccc2[nH]ccc12)c1nccs1. The maximum atomic E-state index is 12.3. The van der Waals surface area contributed by atoms with Crippen molar-refractivity contribution in [2.45, 2.75) is 13.0 Å². The molecule has 0 saturated heterocycles. The number of aromatic nitrogens is 2. The molecule has 2 N–H and O–H groups in total. The molecule has 0 spiro atoms. The largest absolute Gasteiger partial charge is 0.361 e. The maximum absolute atomic E-state index is 12.3. The Balaban J connectivity index is 1.86. The van der Waals surface area contributed by atoms with Crippen molar-refractivity contribution in [3.05, 3.63) is 52.6 Å². The molecule has 1 atom stereocenters. The Labute approximate surface area is 114 Å². The van der Waals surface area contributed by atoms with E-state index in [0.29, 0.717) is 5.56 Å². The molecular weight excluding hydrogens is 258 g/mol. The van der Waals surface area contributed by atoms with Gasteiger partial charge in [0.15, 0.2) is 0 Å². The van der Waals surface area contributed by atoms with Gasteiger partial charge in [0.2, 0.25) is 0 Å². The minimum absolute atomic E-state index is 0.0760. The number of benzene rings is 1. The minimum Gasteiger partial charge on any atom is -0.361 e. The molecule has 19 heavy (non-hydrogen) atoms. The molecule has 5 heteroatoms. The topological polar surface area (TPSA) is 57.8 Å². The van der Waals surface area contributed by atoms with Crippen LogP contribution in [0.3, 0.4) is 0 Å². The van der Waals surface area contributed by atoms with Crippen LogP contribution in [0.5, 0.6) is 0 Å². The standard InChI is InChI=1S/C14H13N3OS/c1-9(14-16-7-8-19-14)17-13(18)11-3-2-4-12-10(11)5-6-15-12/h2-9,15H,1H3,(H,17,18). The minimum atomic E-state index is -0.0818. The number of carbonyl (C=O) groups is 1. The van der Waals surface area contributed by atoms with E-state index < -0.39 is 0 Å². The predicted octanol–water partition coefficient (Wildman–Crippen LogP) is 3.12. The van der Waals surface area contributed by atoms with Crippen LogP contribution >= 0.6 is 11.3 Å². The second-order valence-electron chi connectivity index (χ2n) is 4.31. The summed E-state index contributed by atoms with van der Waals surface area (Å²) in [5, 5.41) is 6.73. The zero-order valence-electron chi connectivity index (χ0n) is 10.4. The molecule has 0 aliphatic heterocycles. The van der Waals surface area contributed by atoms with Crippen LogP contribution in [0.2, 0.25) is 0 Å². The first-order valence-corrected chi connectivity index (χ1v) is 6.90. The number of amides is 1. The third-order valence-corrected chi connectivity index (χ3v) is 3.97. The third kappa shape index (κ3) is 2.24. The quantitative estimate of drug-likeness (QED) is 0.769. The first-order valence-electron chi connectivity index (χ1n) is 6.02. The van der Waals surface area contributed by atoms with E-state index in [4.69, 9.17) is 0 Å². The zero-order chi connectivity index (χ0) is 13.2. The Kier molecular flexibility index (Phi) is 3.05. The van der Waals surface area contributed by atoms with E-state index in [0.717, 1.165) is 15.9 Å². The Morgan fingerprint density at radius 2 is 2.32 bits per heavy atom. The summed E-state index contributed by atoms with van der Waals surface area (Å²) in [5.74, 6) is -0.0760.